The molecule has 1 aliphatic carbocycles. The zero-order chi connectivity index (χ0) is 22.8. The molecule has 5 rings (SSSR count). The maximum Gasteiger partial charge on any atom is 0.273 e. The van der Waals surface area contributed by atoms with E-state index in [1.165, 1.54) is 6.07 Å². The summed E-state index contributed by atoms with van der Waals surface area (Å²) in [5, 5.41) is 0.858. The lowest BCUT2D eigenvalue weighted by atomic mass is 10.0. The molecule has 1 aliphatic rings. The van der Waals surface area contributed by atoms with E-state index in [4.69, 9.17) is 4.74 Å². The number of aromatic nitrogens is 3. The highest BCUT2D eigenvalue weighted by molar-refractivity contribution is 5.99. The van der Waals surface area contributed by atoms with Crippen LogP contribution in [-0.4, -0.2) is 46.0 Å². The van der Waals surface area contributed by atoms with Gasteiger partial charge < -0.3 is 14.6 Å². The number of methoxy groups -OCH3 is 1. The number of aromatic amines is 1. The topological polar surface area (TPSA) is 71.1 Å². The fourth-order valence-electron chi connectivity index (χ4n) is 4.12. The minimum absolute atomic E-state index is 0.0978. The van der Waals surface area contributed by atoms with Crippen LogP contribution in [0.25, 0.3) is 22.0 Å². The van der Waals surface area contributed by atoms with Crippen molar-refractivity contribution in [1.82, 2.24) is 19.9 Å². The Morgan fingerprint density at radius 2 is 2.09 bits per heavy atom. The van der Waals surface area contributed by atoms with Gasteiger partial charge in [-0.3, -0.25) is 9.78 Å². The van der Waals surface area contributed by atoms with E-state index in [0.29, 0.717) is 37.0 Å². The predicted molar refractivity (Wildman–Crippen MR) is 125 cm³/mol. The molecule has 0 atom stereocenters. The second-order valence-electron chi connectivity index (χ2n) is 8.44. The highest BCUT2D eigenvalue weighted by Crippen LogP contribution is 2.31. The summed E-state index contributed by atoms with van der Waals surface area (Å²) >= 11 is 0. The number of pyridine rings is 2. The summed E-state index contributed by atoms with van der Waals surface area (Å²) in [7, 11) is 1.57. The molecule has 1 saturated carbocycles. The number of halogens is 1. The maximum atomic E-state index is 13.8. The van der Waals surface area contributed by atoms with Crippen molar-refractivity contribution in [2.75, 3.05) is 20.2 Å². The molecule has 1 fully saturated rings. The molecule has 1 amide bonds. The molecule has 33 heavy (non-hydrogen) atoms. The highest BCUT2D eigenvalue weighted by atomic mass is 19.1. The zero-order valence-electron chi connectivity index (χ0n) is 18.4. The Labute approximate surface area is 191 Å². The van der Waals surface area contributed by atoms with Crippen LogP contribution < -0.4 is 4.74 Å². The molecule has 4 aromatic rings. The van der Waals surface area contributed by atoms with E-state index >= 15 is 0 Å². The number of benzene rings is 1. The number of amides is 1. The molecule has 168 valence electrons. The van der Waals surface area contributed by atoms with Crippen molar-refractivity contribution in [3.8, 4) is 17.0 Å². The minimum Gasteiger partial charge on any atom is -0.481 e. The summed E-state index contributed by atoms with van der Waals surface area (Å²) in [5.41, 5.74) is 3.86. The van der Waals surface area contributed by atoms with E-state index in [-0.39, 0.29) is 11.7 Å². The molecule has 1 N–H and O–H groups in total. The number of hydrogen-bond acceptors (Lipinski definition) is 4. The number of H-pyrrole nitrogens is 1. The number of carbonyl (C=O) groups excluding carboxylic acids is 1. The second kappa shape index (κ2) is 9.02. The maximum absolute atomic E-state index is 13.8. The van der Waals surface area contributed by atoms with Gasteiger partial charge in [0, 0.05) is 59.8 Å². The fourth-order valence-corrected chi connectivity index (χ4v) is 4.12. The molecule has 0 bridgehead atoms. The summed E-state index contributed by atoms with van der Waals surface area (Å²) in [4.78, 5) is 27.5. The molecule has 0 saturated heterocycles. The Morgan fingerprint density at radius 1 is 1.21 bits per heavy atom. The highest BCUT2D eigenvalue weighted by Gasteiger charge is 2.29. The summed E-state index contributed by atoms with van der Waals surface area (Å²) < 4.78 is 18.9. The van der Waals surface area contributed by atoms with Gasteiger partial charge in [-0.2, -0.15) is 0 Å². The van der Waals surface area contributed by atoms with Gasteiger partial charge in [0.25, 0.3) is 5.91 Å². The van der Waals surface area contributed by atoms with Crippen LogP contribution in [0.3, 0.4) is 0 Å². The third kappa shape index (κ3) is 4.58. The molecule has 0 radical (unpaired) electrons. The summed E-state index contributed by atoms with van der Waals surface area (Å²) in [6.45, 7) is 1.24. The Hall–Kier alpha value is -3.74. The van der Waals surface area contributed by atoms with Crippen LogP contribution in [0.15, 0.2) is 61.1 Å². The summed E-state index contributed by atoms with van der Waals surface area (Å²) in [5.74, 6) is 0.685. The molecule has 0 aliphatic heterocycles. The van der Waals surface area contributed by atoms with Crippen molar-refractivity contribution in [3.05, 3.63) is 78.1 Å². The zero-order valence-corrected chi connectivity index (χ0v) is 18.4. The number of nitrogens with zero attached hydrogens (tertiary/aromatic N) is 3. The normalized spacial score (nSPS) is 13.3. The molecule has 7 heteroatoms. The molecule has 0 unspecified atom stereocenters. The van der Waals surface area contributed by atoms with E-state index in [0.717, 1.165) is 40.4 Å². The van der Waals surface area contributed by atoms with E-state index in [1.807, 2.05) is 29.3 Å². The average Bonchev–Trinajstić information content (AvgIpc) is 3.59. The van der Waals surface area contributed by atoms with Crippen LogP contribution in [0.1, 0.15) is 28.9 Å². The van der Waals surface area contributed by atoms with Crippen LogP contribution >= 0.6 is 0 Å². The molecular weight excluding hydrogens is 419 g/mol. The SMILES string of the molecule is COc1ccc(-c2cccnc2C(=O)N(CCc2c[nH]c3ccc(F)cc23)CC2CC2)cn1. The predicted octanol–water partition coefficient (Wildman–Crippen LogP) is 4.87. The number of nitrogens with one attached hydrogen (secondary N) is 1. The molecule has 6 nitrogen and oxygen atoms in total. The second-order valence-corrected chi connectivity index (χ2v) is 8.44. The van der Waals surface area contributed by atoms with Crippen molar-refractivity contribution in [2.24, 2.45) is 5.92 Å². The van der Waals surface area contributed by atoms with Crippen LogP contribution in [-0.2, 0) is 6.42 Å². The lowest BCUT2D eigenvalue weighted by molar-refractivity contribution is 0.0744. The number of hydrogen-bond donors (Lipinski definition) is 1. The molecular formula is C26H25FN4O2. The van der Waals surface area contributed by atoms with Gasteiger partial charge in [-0.05, 0) is 61.1 Å². The third-order valence-electron chi connectivity index (χ3n) is 6.11. The number of rotatable bonds is 8. The van der Waals surface area contributed by atoms with E-state index in [2.05, 4.69) is 15.0 Å². The van der Waals surface area contributed by atoms with Crippen molar-refractivity contribution in [3.63, 3.8) is 0 Å². The lowest BCUT2D eigenvalue weighted by Crippen LogP contribution is -2.35. The average molecular weight is 445 g/mol. The van der Waals surface area contributed by atoms with Gasteiger partial charge in [-0.25, -0.2) is 9.37 Å². The van der Waals surface area contributed by atoms with Gasteiger partial charge in [0.1, 0.15) is 11.5 Å². The van der Waals surface area contributed by atoms with Crippen molar-refractivity contribution in [1.29, 1.82) is 0 Å². The van der Waals surface area contributed by atoms with Crippen LogP contribution in [0.4, 0.5) is 4.39 Å². The van der Waals surface area contributed by atoms with Gasteiger partial charge >= 0.3 is 0 Å². The van der Waals surface area contributed by atoms with Gasteiger partial charge in [0.05, 0.1) is 7.11 Å². The first-order valence-electron chi connectivity index (χ1n) is 11.1. The van der Waals surface area contributed by atoms with Gasteiger partial charge in [0.2, 0.25) is 5.88 Å². The van der Waals surface area contributed by atoms with Crippen LogP contribution in [0.2, 0.25) is 0 Å². The first-order chi connectivity index (χ1) is 16.1. The molecule has 3 aromatic heterocycles. The van der Waals surface area contributed by atoms with Gasteiger partial charge in [-0.1, -0.05) is 6.07 Å². The Bertz CT molecular complexity index is 1280. The Morgan fingerprint density at radius 3 is 2.85 bits per heavy atom. The largest absolute Gasteiger partial charge is 0.481 e. The van der Waals surface area contributed by atoms with Crippen LogP contribution in [0, 0.1) is 11.7 Å². The first-order valence-corrected chi connectivity index (χ1v) is 11.1. The number of ether oxygens (including phenoxy) is 1. The van der Waals surface area contributed by atoms with E-state index in [9.17, 15) is 9.18 Å². The Kier molecular flexibility index (Phi) is 5.77. The standard InChI is InChI=1S/C26H25FN4O2/c1-33-24-9-6-18(15-30-24)21-3-2-11-28-25(21)26(32)31(16-17-4-5-17)12-10-19-14-29-23-8-7-20(27)13-22(19)23/h2-3,6-9,11,13-15,17,29H,4-5,10,12,16H2,1H3. The van der Waals surface area contributed by atoms with E-state index in [1.54, 1.807) is 37.7 Å². The van der Waals surface area contributed by atoms with Crippen molar-refractivity contribution in [2.45, 2.75) is 19.3 Å². The minimum atomic E-state index is -0.263. The Balaban J connectivity index is 1.41. The van der Waals surface area contributed by atoms with E-state index < -0.39 is 0 Å². The summed E-state index contributed by atoms with van der Waals surface area (Å²) in [6, 6.07) is 12.1. The molecule has 0 spiro atoms. The fraction of sp³-hybridized carbons (Fsp3) is 0.269. The first kappa shape index (κ1) is 21.1. The van der Waals surface area contributed by atoms with Gasteiger partial charge in [-0.15, -0.1) is 0 Å². The monoisotopic (exact) mass is 444 g/mol. The van der Waals surface area contributed by atoms with Crippen molar-refractivity contribution < 1.29 is 13.9 Å². The summed E-state index contributed by atoms with van der Waals surface area (Å²) in [6.07, 6.45) is 8.15. The lowest BCUT2D eigenvalue weighted by Gasteiger charge is -2.23. The number of fused-ring (bicyclic) bond motifs is 1. The smallest absolute Gasteiger partial charge is 0.273 e. The van der Waals surface area contributed by atoms with Gasteiger partial charge in [0.15, 0.2) is 0 Å². The van der Waals surface area contributed by atoms with Crippen molar-refractivity contribution >= 4 is 16.8 Å². The quantitative estimate of drug-likeness (QED) is 0.421. The molecule has 1 aromatic carbocycles. The third-order valence-corrected chi connectivity index (χ3v) is 6.11. The molecule has 3 heterocycles. The number of carbonyl (C=O) groups is 1. The van der Waals surface area contributed by atoms with Crippen LogP contribution in [0.5, 0.6) is 5.88 Å².